The van der Waals surface area contributed by atoms with Gasteiger partial charge in [0, 0.05) is 24.7 Å². The highest BCUT2D eigenvalue weighted by molar-refractivity contribution is 5.99. The Hall–Kier alpha value is -2.21. The van der Waals surface area contributed by atoms with Crippen molar-refractivity contribution in [2.75, 3.05) is 27.2 Å². The van der Waals surface area contributed by atoms with E-state index in [1.54, 1.807) is 18.3 Å². The first kappa shape index (κ1) is 15.7. The number of carbonyl (C=O) groups is 1. The maximum absolute atomic E-state index is 13.1. The third kappa shape index (κ3) is 3.27. The number of benzene rings is 1. The Bertz CT molecular complexity index is 672. The van der Waals surface area contributed by atoms with E-state index in [4.69, 9.17) is 0 Å². The highest BCUT2D eigenvalue weighted by Gasteiger charge is 2.26. The molecule has 6 heteroatoms. The lowest BCUT2D eigenvalue weighted by Crippen LogP contribution is -2.44. The fourth-order valence-electron chi connectivity index (χ4n) is 3.04. The largest absolute Gasteiger partial charge is 0.338 e. The van der Waals surface area contributed by atoms with Crippen LogP contribution in [0.15, 0.2) is 30.5 Å². The van der Waals surface area contributed by atoms with E-state index in [0.717, 1.165) is 31.5 Å². The summed E-state index contributed by atoms with van der Waals surface area (Å²) in [6.07, 6.45) is 3.50. The zero-order valence-corrected chi connectivity index (χ0v) is 13.4. The van der Waals surface area contributed by atoms with Crippen molar-refractivity contribution >= 4 is 5.91 Å². The number of amides is 1. The molecule has 1 saturated heterocycles. The molecular weight excluding hydrogens is 295 g/mol. The minimum Gasteiger partial charge on any atom is -0.338 e. The average Bonchev–Trinajstić information content (AvgIpc) is 3.04. The molecule has 23 heavy (non-hydrogen) atoms. The minimum absolute atomic E-state index is 0.0183. The number of aromatic amines is 1. The van der Waals surface area contributed by atoms with Gasteiger partial charge in [-0.3, -0.25) is 9.89 Å². The van der Waals surface area contributed by atoms with Crippen molar-refractivity contribution in [2.45, 2.75) is 18.9 Å². The molecule has 2 heterocycles. The minimum atomic E-state index is -0.299. The molecule has 5 nitrogen and oxygen atoms in total. The Labute approximate surface area is 135 Å². The van der Waals surface area contributed by atoms with Crippen molar-refractivity contribution < 1.29 is 9.18 Å². The van der Waals surface area contributed by atoms with Gasteiger partial charge in [0.25, 0.3) is 5.91 Å². The van der Waals surface area contributed by atoms with Gasteiger partial charge < -0.3 is 9.80 Å². The van der Waals surface area contributed by atoms with Crippen LogP contribution in [0.1, 0.15) is 23.2 Å². The molecule has 1 aromatic heterocycles. The van der Waals surface area contributed by atoms with Crippen LogP contribution in [-0.4, -0.2) is 59.1 Å². The van der Waals surface area contributed by atoms with Gasteiger partial charge in [-0.25, -0.2) is 4.39 Å². The summed E-state index contributed by atoms with van der Waals surface area (Å²) >= 11 is 0. The van der Waals surface area contributed by atoms with Crippen molar-refractivity contribution in [2.24, 2.45) is 0 Å². The number of rotatable bonds is 3. The first-order valence-electron chi connectivity index (χ1n) is 7.81. The number of nitrogens with zero attached hydrogens (tertiary/aromatic N) is 3. The van der Waals surface area contributed by atoms with Gasteiger partial charge in [0.05, 0.1) is 17.5 Å². The Morgan fingerprint density at radius 3 is 2.52 bits per heavy atom. The fourth-order valence-corrected chi connectivity index (χ4v) is 3.04. The van der Waals surface area contributed by atoms with E-state index in [1.165, 1.54) is 12.1 Å². The summed E-state index contributed by atoms with van der Waals surface area (Å²) in [7, 11) is 4.15. The van der Waals surface area contributed by atoms with Gasteiger partial charge in [-0.15, -0.1) is 0 Å². The van der Waals surface area contributed by atoms with E-state index in [9.17, 15) is 9.18 Å². The zero-order valence-electron chi connectivity index (χ0n) is 13.4. The van der Waals surface area contributed by atoms with Crippen molar-refractivity contribution in [3.8, 4) is 11.3 Å². The summed E-state index contributed by atoms with van der Waals surface area (Å²) in [6.45, 7) is 1.49. The normalized spacial score (nSPS) is 16.1. The van der Waals surface area contributed by atoms with Crippen LogP contribution >= 0.6 is 0 Å². The fraction of sp³-hybridized carbons (Fsp3) is 0.412. The molecule has 0 spiro atoms. The Morgan fingerprint density at radius 2 is 1.91 bits per heavy atom. The maximum atomic E-state index is 13.1. The SMILES string of the molecule is CN(C)C1CCN(C(=O)c2cn[nH]c2-c2ccc(F)cc2)CC1. The van der Waals surface area contributed by atoms with Crippen LogP contribution in [0, 0.1) is 5.82 Å². The number of piperidine rings is 1. The van der Waals surface area contributed by atoms with Crippen molar-refractivity contribution in [1.29, 1.82) is 0 Å². The second-order valence-electron chi connectivity index (χ2n) is 6.15. The summed E-state index contributed by atoms with van der Waals surface area (Å²) in [5, 5.41) is 6.87. The van der Waals surface area contributed by atoms with E-state index in [-0.39, 0.29) is 11.7 Å². The molecule has 1 aliphatic rings. The summed E-state index contributed by atoms with van der Waals surface area (Å²) in [6, 6.07) is 6.59. The predicted octanol–water partition coefficient (Wildman–Crippen LogP) is 2.38. The molecule has 1 aliphatic heterocycles. The predicted molar refractivity (Wildman–Crippen MR) is 86.6 cm³/mol. The van der Waals surface area contributed by atoms with Crippen molar-refractivity contribution in [1.82, 2.24) is 20.0 Å². The van der Waals surface area contributed by atoms with Gasteiger partial charge in [-0.1, -0.05) is 0 Å². The lowest BCUT2D eigenvalue weighted by molar-refractivity contribution is 0.0664. The molecule has 3 rings (SSSR count). The lowest BCUT2D eigenvalue weighted by Gasteiger charge is -2.35. The van der Waals surface area contributed by atoms with E-state index in [0.29, 0.717) is 17.3 Å². The maximum Gasteiger partial charge on any atom is 0.257 e. The van der Waals surface area contributed by atoms with Crippen LogP contribution in [0.3, 0.4) is 0 Å². The average molecular weight is 316 g/mol. The Morgan fingerprint density at radius 1 is 1.26 bits per heavy atom. The molecule has 0 saturated carbocycles. The quantitative estimate of drug-likeness (QED) is 0.946. The summed E-state index contributed by atoms with van der Waals surface area (Å²) in [5.74, 6) is -0.317. The van der Waals surface area contributed by atoms with Gasteiger partial charge in [0.2, 0.25) is 0 Å². The highest BCUT2D eigenvalue weighted by atomic mass is 19.1. The van der Waals surface area contributed by atoms with E-state index in [2.05, 4.69) is 29.2 Å². The topological polar surface area (TPSA) is 52.2 Å². The third-order valence-electron chi connectivity index (χ3n) is 4.48. The molecule has 0 unspecified atom stereocenters. The van der Waals surface area contributed by atoms with Crippen LogP contribution in [-0.2, 0) is 0 Å². The Balaban J connectivity index is 1.77. The molecule has 0 aliphatic carbocycles. The van der Waals surface area contributed by atoms with Crippen LogP contribution in [0.25, 0.3) is 11.3 Å². The van der Waals surface area contributed by atoms with E-state index < -0.39 is 0 Å². The first-order valence-corrected chi connectivity index (χ1v) is 7.81. The Kier molecular flexibility index (Phi) is 4.43. The molecule has 122 valence electrons. The van der Waals surface area contributed by atoms with Gasteiger partial charge >= 0.3 is 0 Å². The number of nitrogens with one attached hydrogen (secondary N) is 1. The van der Waals surface area contributed by atoms with Crippen LogP contribution in [0.5, 0.6) is 0 Å². The molecular formula is C17H21FN4O. The third-order valence-corrected chi connectivity index (χ3v) is 4.48. The molecule has 2 aromatic rings. The molecule has 1 N–H and O–H groups in total. The molecule has 1 fully saturated rings. The monoisotopic (exact) mass is 316 g/mol. The standard InChI is InChI=1S/C17H21FN4O/c1-21(2)14-7-9-22(10-8-14)17(23)15-11-19-20-16(15)12-3-5-13(18)6-4-12/h3-6,11,14H,7-10H2,1-2H3,(H,19,20). The molecule has 0 atom stereocenters. The second-order valence-corrected chi connectivity index (χ2v) is 6.15. The van der Waals surface area contributed by atoms with Crippen molar-refractivity contribution in [3.63, 3.8) is 0 Å². The molecule has 0 bridgehead atoms. The number of H-pyrrole nitrogens is 1. The first-order chi connectivity index (χ1) is 11.1. The lowest BCUT2D eigenvalue weighted by atomic mass is 10.0. The van der Waals surface area contributed by atoms with Gasteiger partial charge in [0.1, 0.15) is 5.82 Å². The van der Waals surface area contributed by atoms with E-state index >= 15 is 0 Å². The smallest absolute Gasteiger partial charge is 0.257 e. The summed E-state index contributed by atoms with van der Waals surface area (Å²) < 4.78 is 13.1. The van der Waals surface area contributed by atoms with Gasteiger partial charge in [0.15, 0.2) is 0 Å². The van der Waals surface area contributed by atoms with Gasteiger partial charge in [-0.05, 0) is 51.2 Å². The number of hydrogen-bond acceptors (Lipinski definition) is 3. The number of aromatic nitrogens is 2. The zero-order chi connectivity index (χ0) is 16.4. The number of halogens is 1. The van der Waals surface area contributed by atoms with Gasteiger partial charge in [-0.2, -0.15) is 5.10 Å². The molecule has 1 aromatic carbocycles. The molecule has 0 radical (unpaired) electrons. The highest BCUT2D eigenvalue weighted by Crippen LogP contribution is 2.24. The number of carbonyl (C=O) groups excluding carboxylic acids is 1. The molecule has 1 amide bonds. The summed E-state index contributed by atoms with van der Waals surface area (Å²) in [4.78, 5) is 16.9. The van der Waals surface area contributed by atoms with Crippen molar-refractivity contribution in [3.05, 3.63) is 41.8 Å². The second kappa shape index (κ2) is 6.50. The van der Waals surface area contributed by atoms with Crippen LogP contribution < -0.4 is 0 Å². The van der Waals surface area contributed by atoms with Crippen LogP contribution in [0.2, 0.25) is 0 Å². The van der Waals surface area contributed by atoms with Crippen LogP contribution in [0.4, 0.5) is 4.39 Å². The van der Waals surface area contributed by atoms with E-state index in [1.807, 2.05) is 4.90 Å². The number of hydrogen-bond donors (Lipinski definition) is 1. The number of likely N-dealkylation sites (tertiary alicyclic amines) is 1. The summed E-state index contributed by atoms with van der Waals surface area (Å²) in [5.41, 5.74) is 1.94.